The number of nitrogens with zero attached hydrogens (tertiary/aromatic N) is 2. The number of carboxylic acid groups (broad SMARTS) is 1. The average molecular weight is 391 g/mol. The van der Waals surface area contributed by atoms with E-state index in [-0.39, 0.29) is 24.3 Å². The number of carbonyl (C=O) groups is 4. The van der Waals surface area contributed by atoms with Crippen molar-refractivity contribution in [1.82, 2.24) is 9.80 Å². The van der Waals surface area contributed by atoms with Gasteiger partial charge in [0.05, 0.1) is 11.6 Å². The van der Waals surface area contributed by atoms with Gasteiger partial charge in [-0.25, -0.2) is 4.79 Å². The number of hydrogen-bond acceptors (Lipinski definition) is 5. The Labute approximate surface area is 160 Å². The van der Waals surface area contributed by atoms with Crippen LogP contribution in [0.4, 0.5) is 5.69 Å². The number of benzene rings is 1. The molecule has 0 aliphatic carbocycles. The van der Waals surface area contributed by atoms with Crippen LogP contribution >= 0.6 is 11.8 Å². The summed E-state index contributed by atoms with van der Waals surface area (Å²) < 4.78 is 0. The van der Waals surface area contributed by atoms with E-state index >= 15 is 0 Å². The maximum absolute atomic E-state index is 12.8. The number of anilines is 1. The number of thioether (sulfide) groups is 1. The van der Waals surface area contributed by atoms with Crippen molar-refractivity contribution in [3.8, 4) is 0 Å². The molecule has 3 amide bonds. The van der Waals surface area contributed by atoms with Gasteiger partial charge in [-0.3, -0.25) is 14.4 Å². The van der Waals surface area contributed by atoms with E-state index in [9.17, 15) is 24.3 Å². The van der Waals surface area contributed by atoms with Crippen LogP contribution in [0, 0.1) is 0 Å². The van der Waals surface area contributed by atoms with E-state index < -0.39 is 12.0 Å². The van der Waals surface area contributed by atoms with Gasteiger partial charge >= 0.3 is 5.97 Å². The molecule has 27 heavy (non-hydrogen) atoms. The first kappa shape index (κ1) is 19.2. The van der Waals surface area contributed by atoms with Crippen molar-refractivity contribution in [2.45, 2.75) is 25.3 Å². The van der Waals surface area contributed by atoms with Crippen LogP contribution in [0.15, 0.2) is 24.3 Å². The zero-order valence-electron chi connectivity index (χ0n) is 14.7. The van der Waals surface area contributed by atoms with Crippen molar-refractivity contribution in [3.63, 3.8) is 0 Å². The zero-order valence-corrected chi connectivity index (χ0v) is 15.5. The number of rotatable bonds is 5. The van der Waals surface area contributed by atoms with Crippen molar-refractivity contribution < 1.29 is 24.3 Å². The van der Waals surface area contributed by atoms with Gasteiger partial charge in [-0.2, -0.15) is 0 Å². The van der Waals surface area contributed by atoms with Gasteiger partial charge in [0.15, 0.2) is 0 Å². The van der Waals surface area contributed by atoms with Crippen LogP contribution < -0.4 is 5.32 Å². The summed E-state index contributed by atoms with van der Waals surface area (Å²) in [5, 5.41) is 12.0. The van der Waals surface area contributed by atoms with Crippen molar-refractivity contribution >= 4 is 41.1 Å². The van der Waals surface area contributed by atoms with E-state index in [4.69, 9.17) is 0 Å². The third kappa shape index (κ3) is 4.60. The number of nitrogens with one attached hydrogen (secondary N) is 1. The van der Waals surface area contributed by atoms with E-state index in [0.717, 1.165) is 12.8 Å². The number of carboxylic acids is 1. The van der Waals surface area contributed by atoms with Crippen molar-refractivity contribution in [3.05, 3.63) is 29.8 Å². The van der Waals surface area contributed by atoms with Crippen molar-refractivity contribution in [2.24, 2.45) is 0 Å². The highest BCUT2D eigenvalue weighted by atomic mass is 32.2. The molecule has 1 aromatic rings. The number of likely N-dealkylation sites (tertiary alicyclic amines) is 1. The molecule has 1 atom stereocenters. The smallest absolute Gasteiger partial charge is 0.326 e. The van der Waals surface area contributed by atoms with Gasteiger partial charge in [-0.1, -0.05) is 6.07 Å². The van der Waals surface area contributed by atoms with Gasteiger partial charge in [0.1, 0.15) is 12.6 Å². The first-order chi connectivity index (χ1) is 13.0. The second kappa shape index (κ2) is 8.43. The van der Waals surface area contributed by atoms with E-state index in [1.807, 2.05) is 0 Å². The van der Waals surface area contributed by atoms with Gasteiger partial charge in [-0.15, -0.1) is 11.8 Å². The van der Waals surface area contributed by atoms with E-state index in [2.05, 4.69) is 5.32 Å². The maximum atomic E-state index is 12.8. The monoisotopic (exact) mass is 391 g/mol. The molecule has 2 saturated heterocycles. The molecule has 1 aromatic carbocycles. The molecule has 2 fully saturated rings. The lowest BCUT2D eigenvalue weighted by molar-refractivity contribution is -0.143. The number of aliphatic carboxylic acids is 1. The zero-order chi connectivity index (χ0) is 19.4. The van der Waals surface area contributed by atoms with Crippen LogP contribution in [0.2, 0.25) is 0 Å². The first-order valence-electron chi connectivity index (χ1n) is 8.75. The van der Waals surface area contributed by atoms with Crippen LogP contribution in [-0.4, -0.2) is 69.4 Å². The Hall–Kier alpha value is -2.55. The molecule has 0 bridgehead atoms. The minimum absolute atomic E-state index is 0.0305. The van der Waals surface area contributed by atoms with E-state index in [1.165, 1.54) is 27.6 Å². The number of hydrogen-bond donors (Lipinski definition) is 2. The topological polar surface area (TPSA) is 107 Å². The molecule has 0 spiro atoms. The van der Waals surface area contributed by atoms with E-state index in [1.54, 1.807) is 18.2 Å². The molecular formula is C18H21N3O5S. The molecule has 0 aromatic heterocycles. The fourth-order valence-corrected chi connectivity index (χ4v) is 4.15. The highest BCUT2D eigenvalue weighted by Crippen LogP contribution is 2.21. The van der Waals surface area contributed by atoms with Crippen LogP contribution in [0.25, 0.3) is 0 Å². The molecule has 8 nitrogen and oxygen atoms in total. The van der Waals surface area contributed by atoms with Gasteiger partial charge in [0.2, 0.25) is 11.8 Å². The summed E-state index contributed by atoms with van der Waals surface area (Å²) in [6, 6.07) is 5.61. The minimum atomic E-state index is -0.999. The summed E-state index contributed by atoms with van der Waals surface area (Å²) >= 11 is 1.46. The molecule has 2 heterocycles. The Morgan fingerprint density at radius 3 is 2.78 bits per heavy atom. The molecule has 2 N–H and O–H groups in total. The van der Waals surface area contributed by atoms with Gasteiger partial charge in [0.25, 0.3) is 5.91 Å². The number of piperidine rings is 1. The van der Waals surface area contributed by atoms with Crippen LogP contribution in [0.3, 0.4) is 0 Å². The standard InChI is InChI=1S/C18H21N3O5S/c22-15(9-20-11-27-10-16(20)23)19-13-5-3-4-12(8-13)17(24)21-7-2-1-6-14(21)18(25)26/h3-5,8,14H,1-2,6-7,9-11H2,(H,19,22)(H,25,26). The second-order valence-electron chi connectivity index (χ2n) is 6.55. The molecule has 2 aliphatic heterocycles. The second-order valence-corrected chi connectivity index (χ2v) is 7.50. The molecule has 144 valence electrons. The highest BCUT2D eigenvalue weighted by molar-refractivity contribution is 8.00. The van der Waals surface area contributed by atoms with Crippen molar-refractivity contribution in [1.29, 1.82) is 0 Å². The SMILES string of the molecule is O=C(CN1CSCC1=O)Nc1cccc(C(=O)N2CCCCC2C(=O)O)c1. The largest absolute Gasteiger partial charge is 0.480 e. The molecule has 1 unspecified atom stereocenters. The summed E-state index contributed by atoms with van der Waals surface area (Å²) in [6.45, 7) is 0.373. The summed E-state index contributed by atoms with van der Waals surface area (Å²) in [7, 11) is 0. The Balaban J connectivity index is 1.67. The normalized spacial score (nSPS) is 19.9. The van der Waals surface area contributed by atoms with Crippen LogP contribution in [-0.2, 0) is 14.4 Å². The number of carbonyl (C=O) groups excluding carboxylic acids is 3. The Bertz CT molecular complexity index is 769. The lowest BCUT2D eigenvalue weighted by Gasteiger charge is -2.33. The van der Waals surface area contributed by atoms with Crippen LogP contribution in [0.5, 0.6) is 0 Å². The van der Waals surface area contributed by atoms with Crippen molar-refractivity contribution in [2.75, 3.05) is 30.0 Å². The predicted molar refractivity (Wildman–Crippen MR) is 100 cm³/mol. The molecule has 9 heteroatoms. The molecular weight excluding hydrogens is 370 g/mol. The third-order valence-electron chi connectivity index (χ3n) is 4.60. The Kier molecular flexibility index (Phi) is 6.00. The molecule has 0 saturated carbocycles. The average Bonchev–Trinajstić information content (AvgIpc) is 3.05. The Morgan fingerprint density at radius 1 is 1.26 bits per heavy atom. The third-order valence-corrected chi connectivity index (χ3v) is 5.55. The van der Waals surface area contributed by atoms with Gasteiger partial charge < -0.3 is 20.2 Å². The van der Waals surface area contributed by atoms with Gasteiger partial charge in [0, 0.05) is 17.8 Å². The summed E-state index contributed by atoms with van der Waals surface area (Å²) in [6.07, 6.45) is 2.00. The summed E-state index contributed by atoms with van der Waals surface area (Å²) in [4.78, 5) is 50.8. The first-order valence-corrected chi connectivity index (χ1v) is 9.90. The quantitative estimate of drug-likeness (QED) is 0.782. The van der Waals surface area contributed by atoms with E-state index in [0.29, 0.717) is 35.8 Å². The Morgan fingerprint density at radius 2 is 2.07 bits per heavy atom. The van der Waals surface area contributed by atoms with Crippen LogP contribution in [0.1, 0.15) is 29.6 Å². The molecule has 0 radical (unpaired) electrons. The van der Waals surface area contributed by atoms with Gasteiger partial charge in [-0.05, 0) is 37.5 Å². The fourth-order valence-electron chi connectivity index (χ4n) is 3.24. The predicted octanol–water partition coefficient (Wildman–Crippen LogP) is 1.24. The summed E-state index contributed by atoms with van der Waals surface area (Å²) in [5.41, 5.74) is 0.766. The fraction of sp³-hybridized carbons (Fsp3) is 0.444. The lowest BCUT2D eigenvalue weighted by atomic mass is 10.0. The lowest BCUT2D eigenvalue weighted by Crippen LogP contribution is -2.48. The number of amides is 3. The molecule has 3 rings (SSSR count). The summed E-state index contributed by atoms with van der Waals surface area (Å²) in [5.74, 6) is -0.876. The highest BCUT2D eigenvalue weighted by Gasteiger charge is 2.32. The maximum Gasteiger partial charge on any atom is 0.326 e. The molecule has 2 aliphatic rings. The minimum Gasteiger partial charge on any atom is -0.480 e.